The van der Waals surface area contributed by atoms with Gasteiger partial charge in [0.25, 0.3) is 5.91 Å². The summed E-state index contributed by atoms with van der Waals surface area (Å²) in [6, 6.07) is 16.3. The standard InChI is InChI=1S/C29H36N2O4/c1-4-7-20-35-24-15-11-14-23(21-24)27-26(25(32)17-16-22-12-9-8-10-13-22)28(33)29(34)31(27)19-18-30(5-2)6-3/h8-17,21,27,33H,4-7,18-20H2,1-3H3. The zero-order valence-electron chi connectivity index (χ0n) is 20.9. The van der Waals surface area contributed by atoms with Crippen LogP contribution < -0.4 is 4.74 Å². The highest BCUT2D eigenvalue weighted by atomic mass is 16.5. The zero-order valence-corrected chi connectivity index (χ0v) is 20.9. The maximum Gasteiger partial charge on any atom is 0.290 e. The molecule has 186 valence electrons. The Bertz CT molecular complexity index is 1060. The number of rotatable bonds is 13. The van der Waals surface area contributed by atoms with E-state index in [1.807, 2.05) is 54.6 Å². The summed E-state index contributed by atoms with van der Waals surface area (Å²) in [5, 5.41) is 10.8. The van der Waals surface area contributed by atoms with E-state index in [-0.39, 0.29) is 11.4 Å². The van der Waals surface area contributed by atoms with Crippen LogP contribution in [0.1, 0.15) is 50.8 Å². The van der Waals surface area contributed by atoms with Crippen molar-refractivity contribution in [3.63, 3.8) is 0 Å². The number of aliphatic hydroxyl groups excluding tert-OH is 1. The van der Waals surface area contributed by atoms with Gasteiger partial charge in [-0.05, 0) is 48.8 Å². The van der Waals surface area contributed by atoms with Crippen LogP contribution in [-0.2, 0) is 9.59 Å². The number of amides is 1. The second kappa shape index (κ2) is 12.9. The van der Waals surface area contributed by atoms with E-state index in [0.717, 1.165) is 37.1 Å². The predicted octanol–water partition coefficient (Wildman–Crippen LogP) is 5.19. The molecule has 1 heterocycles. The third kappa shape index (κ3) is 6.61. The molecule has 1 aliphatic heterocycles. The molecule has 0 radical (unpaired) electrons. The second-order valence-electron chi connectivity index (χ2n) is 8.57. The van der Waals surface area contributed by atoms with Crippen LogP contribution in [0.15, 0.2) is 72.0 Å². The van der Waals surface area contributed by atoms with Gasteiger partial charge in [-0.15, -0.1) is 0 Å². The molecular weight excluding hydrogens is 440 g/mol. The SMILES string of the molecule is CCCCOc1cccc(C2C(C(=O)C=Cc3ccccc3)=C(O)C(=O)N2CCN(CC)CC)c1. The lowest BCUT2D eigenvalue weighted by molar-refractivity contribution is -0.129. The first-order valence-electron chi connectivity index (χ1n) is 12.5. The summed E-state index contributed by atoms with van der Waals surface area (Å²) in [7, 11) is 0. The fourth-order valence-corrected chi connectivity index (χ4v) is 4.21. The van der Waals surface area contributed by atoms with Crippen molar-refractivity contribution in [3.05, 3.63) is 83.1 Å². The molecule has 1 amide bonds. The molecule has 0 fully saturated rings. The number of ketones is 1. The van der Waals surface area contributed by atoms with Crippen LogP contribution >= 0.6 is 0 Å². The Kier molecular flexibility index (Phi) is 9.67. The Morgan fingerprint density at radius 3 is 2.51 bits per heavy atom. The van der Waals surface area contributed by atoms with Crippen molar-refractivity contribution in [2.75, 3.05) is 32.8 Å². The Labute approximate surface area is 208 Å². The normalized spacial score (nSPS) is 16.1. The minimum atomic E-state index is -0.680. The van der Waals surface area contributed by atoms with E-state index in [4.69, 9.17) is 4.74 Å². The monoisotopic (exact) mass is 476 g/mol. The van der Waals surface area contributed by atoms with Gasteiger partial charge in [-0.1, -0.05) is 75.7 Å². The average Bonchev–Trinajstić information content (AvgIpc) is 3.14. The van der Waals surface area contributed by atoms with Crippen molar-refractivity contribution < 1.29 is 19.4 Å². The van der Waals surface area contributed by atoms with E-state index < -0.39 is 17.7 Å². The molecule has 1 N–H and O–H groups in total. The van der Waals surface area contributed by atoms with Gasteiger partial charge in [-0.3, -0.25) is 9.59 Å². The summed E-state index contributed by atoms with van der Waals surface area (Å²) in [4.78, 5) is 30.3. The van der Waals surface area contributed by atoms with Crippen molar-refractivity contribution in [3.8, 4) is 5.75 Å². The fourth-order valence-electron chi connectivity index (χ4n) is 4.21. The summed E-state index contributed by atoms with van der Waals surface area (Å²) in [6.45, 7) is 9.61. The van der Waals surface area contributed by atoms with Crippen molar-refractivity contribution >= 4 is 17.8 Å². The lowest BCUT2D eigenvalue weighted by atomic mass is 9.95. The summed E-state index contributed by atoms with van der Waals surface area (Å²) in [5.41, 5.74) is 1.71. The minimum absolute atomic E-state index is 0.104. The fraction of sp³-hybridized carbons (Fsp3) is 0.379. The van der Waals surface area contributed by atoms with Crippen LogP contribution in [0.4, 0.5) is 0 Å². The molecule has 6 heteroatoms. The van der Waals surface area contributed by atoms with Gasteiger partial charge < -0.3 is 19.6 Å². The molecule has 3 rings (SSSR count). The number of hydrogen-bond donors (Lipinski definition) is 1. The molecule has 35 heavy (non-hydrogen) atoms. The van der Waals surface area contributed by atoms with Crippen molar-refractivity contribution in [1.82, 2.24) is 9.80 Å². The first-order chi connectivity index (χ1) is 17.0. The Morgan fingerprint density at radius 1 is 1.09 bits per heavy atom. The van der Waals surface area contributed by atoms with E-state index in [0.29, 0.717) is 25.4 Å². The number of carbonyl (C=O) groups is 2. The molecule has 1 atom stereocenters. The molecule has 0 saturated carbocycles. The Hall–Kier alpha value is -3.38. The molecule has 0 aliphatic carbocycles. The Balaban J connectivity index is 1.95. The first-order valence-corrected chi connectivity index (χ1v) is 12.5. The molecule has 0 spiro atoms. The van der Waals surface area contributed by atoms with Crippen LogP contribution in [0.5, 0.6) is 5.75 Å². The number of likely N-dealkylation sites (N-methyl/N-ethyl adjacent to an activating group) is 1. The van der Waals surface area contributed by atoms with Crippen LogP contribution in [0.2, 0.25) is 0 Å². The first kappa shape index (κ1) is 26.2. The molecule has 0 aromatic heterocycles. The second-order valence-corrected chi connectivity index (χ2v) is 8.57. The number of hydrogen-bond acceptors (Lipinski definition) is 5. The molecule has 0 bridgehead atoms. The largest absolute Gasteiger partial charge is 0.503 e. The van der Waals surface area contributed by atoms with Gasteiger partial charge in [0, 0.05) is 13.1 Å². The third-order valence-electron chi connectivity index (χ3n) is 6.29. The van der Waals surface area contributed by atoms with Gasteiger partial charge in [-0.2, -0.15) is 0 Å². The van der Waals surface area contributed by atoms with E-state index >= 15 is 0 Å². The number of ether oxygens (including phenoxy) is 1. The molecule has 1 unspecified atom stereocenters. The molecule has 1 aliphatic rings. The molecule has 6 nitrogen and oxygen atoms in total. The highest BCUT2D eigenvalue weighted by Gasteiger charge is 2.42. The van der Waals surface area contributed by atoms with Crippen LogP contribution in [0, 0.1) is 0 Å². The van der Waals surface area contributed by atoms with Gasteiger partial charge in [0.15, 0.2) is 11.5 Å². The van der Waals surface area contributed by atoms with Gasteiger partial charge in [0.2, 0.25) is 0 Å². The lowest BCUT2D eigenvalue weighted by Gasteiger charge is -2.29. The maximum atomic E-state index is 13.3. The maximum absolute atomic E-state index is 13.3. The number of carbonyl (C=O) groups excluding carboxylic acids is 2. The number of aliphatic hydroxyl groups is 1. The summed E-state index contributed by atoms with van der Waals surface area (Å²) < 4.78 is 5.88. The van der Waals surface area contributed by atoms with Gasteiger partial charge >= 0.3 is 0 Å². The highest BCUT2D eigenvalue weighted by molar-refractivity contribution is 6.14. The summed E-state index contributed by atoms with van der Waals surface area (Å²) >= 11 is 0. The third-order valence-corrected chi connectivity index (χ3v) is 6.29. The van der Waals surface area contributed by atoms with Crippen LogP contribution in [-0.4, -0.2) is 59.4 Å². The van der Waals surface area contributed by atoms with Crippen molar-refractivity contribution in [2.24, 2.45) is 0 Å². The average molecular weight is 477 g/mol. The lowest BCUT2D eigenvalue weighted by Crippen LogP contribution is -2.38. The molecular formula is C29H36N2O4. The number of nitrogens with zero attached hydrogens (tertiary/aromatic N) is 2. The van der Waals surface area contributed by atoms with Gasteiger partial charge in [-0.25, -0.2) is 0 Å². The predicted molar refractivity (Wildman–Crippen MR) is 139 cm³/mol. The minimum Gasteiger partial charge on any atom is -0.503 e. The highest BCUT2D eigenvalue weighted by Crippen LogP contribution is 2.39. The summed E-state index contributed by atoms with van der Waals surface area (Å²) in [5.74, 6) is -0.692. The van der Waals surface area contributed by atoms with Crippen molar-refractivity contribution in [2.45, 2.75) is 39.7 Å². The topological polar surface area (TPSA) is 70.1 Å². The number of allylic oxidation sites excluding steroid dienone is 1. The summed E-state index contributed by atoms with van der Waals surface area (Å²) in [6.07, 6.45) is 5.10. The zero-order chi connectivity index (χ0) is 25.2. The van der Waals surface area contributed by atoms with Crippen molar-refractivity contribution in [1.29, 1.82) is 0 Å². The van der Waals surface area contributed by atoms with E-state index in [1.165, 1.54) is 6.08 Å². The smallest absolute Gasteiger partial charge is 0.290 e. The van der Waals surface area contributed by atoms with Gasteiger partial charge in [0.05, 0.1) is 18.2 Å². The molecule has 2 aromatic carbocycles. The number of unbranched alkanes of at least 4 members (excludes halogenated alkanes) is 1. The van der Waals surface area contributed by atoms with Gasteiger partial charge in [0.1, 0.15) is 5.75 Å². The van der Waals surface area contributed by atoms with Crippen LogP contribution in [0.3, 0.4) is 0 Å². The quantitative estimate of drug-likeness (QED) is 0.318. The number of benzene rings is 2. The van der Waals surface area contributed by atoms with E-state index in [1.54, 1.807) is 11.0 Å². The Morgan fingerprint density at radius 2 is 1.83 bits per heavy atom. The van der Waals surface area contributed by atoms with E-state index in [2.05, 4.69) is 25.7 Å². The molecule has 2 aromatic rings. The van der Waals surface area contributed by atoms with Crippen LogP contribution in [0.25, 0.3) is 6.08 Å². The molecule has 0 saturated heterocycles. The van der Waals surface area contributed by atoms with E-state index in [9.17, 15) is 14.7 Å².